The molecule has 114 valence electrons. The quantitative estimate of drug-likeness (QED) is 0.884. The van der Waals surface area contributed by atoms with E-state index in [1.54, 1.807) is 0 Å². The number of carbonyl (C=O) groups is 1. The lowest BCUT2D eigenvalue weighted by molar-refractivity contribution is -0.116. The number of hydrogen-bond acceptors (Lipinski definition) is 5. The third kappa shape index (κ3) is 5.08. The molecule has 3 N–H and O–H groups in total. The van der Waals surface area contributed by atoms with E-state index in [-0.39, 0.29) is 30.8 Å². The summed E-state index contributed by atoms with van der Waals surface area (Å²) in [5.74, 6) is 0.164. The minimum atomic E-state index is -0.311. The first-order valence-corrected chi connectivity index (χ1v) is 7.31. The van der Waals surface area contributed by atoms with Crippen LogP contribution in [-0.2, 0) is 4.79 Å². The molecule has 2 rings (SSSR count). The molecule has 1 aromatic heterocycles. The van der Waals surface area contributed by atoms with Gasteiger partial charge in [0, 0.05) is 18.4 Å². The molecule has 1 atom stereocenters. The Labute approximate surface area is 134 Å². The first-order valence-electron chi connectivity index (χ1n) is 6.50. The molecule has 21 heavy (non-hydrogen) atoms. The molecule has 0 radical (unpaired) electrons. The highest BCUT2D eigenvalue weighted by molar-refractivity contribution is 7.15. The van der Waals surface area contributed by atoms with E-state index in [4.69, 9.17) is 5.73 Å². The predicted molar refractivity (Wildman–Crippen MR) is 87.9 cm³/mol. The number of nitrogens with zero attached hydrogens (tertiary/aromatic N) is 2. The van der Waals surface area contributed by atoms with Crippen molar-refractivity contribution in [2.24, 2.45) is 5.73 Å². The van der Waals surface area contributed by atoms with Crippen molar-refractivity contribution in [2.45, 2.75) is 32.2 Å². The van der Waals surface area contributed by atoms with Crippen molar-refractivity contribution in [3.63, 3.8) is 0 Å². The topological polar surface area (TPSA) is 80.9 Å². The maximum Gasteiger partial charge on any atom is 0.228 e. The maximum atomic E-state index is 11.9. The van der Waals surface area contributed by atoms with E-state index in [9.17, 15) is 4.79 Å². The molecule has 0 aliphatic heterocycles. The van der Waals surface area contributed by atoms with Crippen LogP contribution < -0.4 is 11.1 Å². The van der Waals surface area contributed by atoms with E-state index in [1.807, 2.05) is 44.2 Å². The number of nitrogens with two attached hydrogens (primary N) is 1. The second-order valence-corrected chi connectivity index (χ2v) is 5.88. The van der Waals surface area contributed by atoms with Crippen molar-refractivity contribution in [3.8, 4) is 0 Å². The SMILES string of the molecule is CC(C)c1nnc(NC(=O)CC(N)c2ccccc2)s1.Cl. The molecule has 7 heteroatoms. The van der Waals surface area contributed by atoms with Gasteiger partial charge in [-0.05, 0) is 5.56 Å². The predicted octanol–water partition coefficient (Wildman–Crippen LogP) is 3.11. The van der Waals surface area contributed by atoms with Crippen LogP contribution in [-0.4, -0.2) is 16.1 Å². The molecule has 5 nitrogen and oxygen atoms in total. The summed E-state index contributed by atoms with van der Waals surface area (Å²) in [5.41, 5.74) is 6.96. The Morgan fingerprint density at radius 2 is 1.95 bits per heavy atom. The van der Waals surface area contributed by atoms with Crippen LogP contribution in [0.15, 0.2) is 30.3 Å². The van der Waals surface area contributed by atoms with Crippen molar-refractivity contribution in [2.75, 3.05) is 5.32 Å². The molecule has 1 aromatic carbocycles. The highest BCUT2D eigenvalue weighted by Gasteiger charge is 2.14. The smallest absolute Gasteiger partial charge is 0.228 e. The van der Waals surface area contributed by atoms with E-state index in [0.29, 0.717) is 11.0 Å². The molecule has 0 spiro atoms. The van der Waals surface area contributed by atoms with Gasteiger partial charge in [-0.25, -0.2) is 0 Å². The number of halogens is 1. The maximum absolute atomic E-state index is 11.9. The normalized spacial score (nSPS) is 11.8. The zero-order chi connectivity index (χ0) is 14.5. The fraction of sp³-hybridized carbons (Fsp3) is 0.357. The van der Waals surface area contributed by atoms with Crippen molar-refractivity contribution in [1.82, 2.24) is 10.2 Å². The summed E-state index contributed by atoms with van der Waals surface area (Å²) >= 11 is 1.40. The number of amides is 1. The van der Waals surface area contributed by atoms with Gasteiger partial charge in [-0.1, -0.05) is 55.5 Å². The van der Waals surface area contributed by atoms with Crippen molar-refractivity contribution in [1.29, 1.82) is 0 Å². The Balaban J connectivity index is 0.00000220. The standard InChI is InChI=1S/C14H18N4OS.ClH/c1-9(2)13-17-18-14(20-13)16-12(19)8-11(15)10-6-4-3-5-7-10;/h3-7,9,11H,8,15H2,1-2H3,(H,16,18,19);1H. The molecular weight excluding hydrogens is 308 g/mol. The van der Waals surface area contributed by atoms with E-state index in [1.165, 1.54) is 11.3 Å². The highest BCUT2D eigenvalue weighted by atomic mass is 35.5. The molecule has 1 heterocycles. The lowest BCUT2D eigenvalue weighted by atomic mass is 10.0. The number of nitrogens with one attached hydrogen (secondary N) is 1. The van der Waals surface area contributed by atoms with Gasteiger partial charge in [0.1, 0.15) is 5.01 Å². The van der Waals surface area contributed by atoms with Crippen LogP contribution in [0, 0.1) is 0 Å². The van der Waals surface area contributed by atoms with Crippen molar-refractivity contribution in [3.05, 3.63) is 40.9 Å². The van der Waals surface area contributed by atoms with Gasteiger partial charge in [-0.3, -0.25) is 4.79 Å². The first-order chi connectivity index (χ1) is 9.56. The second kappa shape index (κ2) is 8.07. The van der Waals surface area contributed by atoms with Crippen LogP contribution in [0.5, 0.6) is 0 Å². The van der Waals surface area contributed by atoms with Gasteiger partial charge < -0.3 is 11.1 Å². The Kier molecular flexibility index (Phi) is 6.74. The fourth-order valence-corrected chi connectivity index (χ4v) is 2.47. The lowest BCUT2D eigenvalue weighted by Gasteiger charge is -2.10. The molecule has 0 fully saturated rings. The molecule has 0 aliphatic carbocycles. The van der Waals surface area contributed by atoms with Gasteiger partial charge in [0.2, 0.25) is 11.0 Å². The van der Waals surface area contributed by atoms with E-state index in [2.05, 4.69) is 15.5 Å². The largest absolute Gasteiger partial charge is 0.324 e. The zero-order valence-electron chi connectivity index (χ0n) is 11.9. The highest BCUT2D eigenvalue weighted by Crippen LogP contribution is 2.23. The van der Waals surface area contributed by atoms with Crippen LogP contribution >= 0.6 is 23.7 Å². The number of rotatable bonds is 5. The van der Waals surface area contributed by atoms with Crippen LogP contribution in [0.3, 0.4) is 0 Å². The summed E-state index contributed by atoms with van der Waals surface area (Å²) in [6, 6.07) is 9.26. The fourth-order valence-electron chi connectivity index (χ4n) is 1.71. The Bertz CT molecular complexity index is 573. The van der Waals surface area contributed by atoms with Crippen LogP contribution in [0.25, 0.3) is 0 Å². The minimum absolute atomic E-state index is 0. The van der Waals surface area contributed by atoms with Gasteiger partial charge in [-0.2, -0.15) is 0 Å². The second-order valence-electron chi connectivity index (χ2n) is 4.87. The van der Waals surface area contributed by atoms with Gasteiger partial charge in [-0.15, -0.1) is 22.6 Å². The summed E-state index contributed by atoms with van der Waals surface area (Å²) in [6.45, 7) is 4.08. The third-order valence-corrected chi connectivity index (χ3v) is 3.95. The summed E-state index contributed by atoms with van der Waals surface area (Å²) in [5, 5.41) is 12.2. The number of hydrogen-bond donors (Lipinski definition) is 2. The average Bonchev–Trinajstić information content (AvgIpc) is 2.88. The number of benzene rings is 1. The van der Waals surface area contributed by atoms with Gasteiger partial charge in [0.15, 0.2) is 0 Å². The van der Waals surface area contributed by atoms with E-state index >= 15 is 0 Å². The number of anilines is 1. The molecule has 1 amide bonds. The molecule has 0 saturated heterocycles. The first kappa shape index (κ1) is 17.6. The lowest BCUT2D eigenvalue weighted by Crippen LogP contribution is -2.20. The Morgan fingerprint density at radius 1 is 1.29 bits per heavy atom. The van der Waals surface area contributed by atoms with E-state index in [0.717, 1.165) is 10.6 Å². The van der Waals surface area contributed by atoms with Crippen molar-refractivity contribution < 1.29 is 4.79 Å². The third-order valence-electron chi connectivity index (χ3n) is 2.81. The van der Waals surface area contributed by atoms with Crippen molar-refractivity contribution >= 4 is 34.8 Å². The van der Waals surface area contributed by atoms with Crippen LogP contribution in [0.1, 0.15) is 42.8 Å². The van der Waals surface area contributed by atoms with Gasteiger partial charge in [0.05, 0.1) is 0 Å². The molecule has 0 aliphatic rings. The summed E-state index contributed by atoms with van der Waals surface area (Å²) in [4.78, 5) is 11.9. The Hall–Kier alpha value is -1.50. The minimum Gasteiger partial charge on any atom is -0.324 e. The molecular formula is C14H19ClN4OS. The van der Waals surface area contributed by atoms with Gasteiger partial charge in [0.25, 0.3) is 0 Å². The average molecular weight is 327 g/mol. The summed E-state index contributed by atoms with van der Waals surface area (Å²) in [7, 11) is 0. The number of carbonyl (C=O) groups excluding carboxylic acids is 1. The number of aromatic nitrogens is 2. The zero-order valence-corrected chi connectivity index (χ0v) is 13.6. The molecule has 1 unspecified atom stereocenters. The van der Waals surface area contributed by atoms with Crippen LogP contribution in [0.2, 0.25) is 0 Å². The molecule has 0 saturated carbocycles. The van der Waals surface area contributed by atoms with Crippen LogP contribution in [0.4, 0.5) is 5.13 Å². The summed E-state index contributed by atoms with van der Waals surface area (Å²) in [6.07, 6.45) is 0.223. The summed E-state index contributed by atoms with van der Waals surface area (Å²) < 4.78 is 0. The molecule has 0 bridgehead atoms. The molecule has 2 aromatic rings. The van der Waals surface area contributed by atoms with Gasteiger partial charge >= 0.3 is 0 Å². The monoisotopic (exact) mass is 326 g/mol. The Morgan fingerprint density at radius 3 is 2.52 bits per heavy atom. The van der Waals surface area contributed by atoms with E-state index < -0.39 is 0 Å².